The van der Waals surface area contributed by atoms with Crippen LogP contribution in [0.3, 0.4) is 0 Å². The number of carbonyl (C=O) groups is 4. The first-order valence-electron chi connectivity index (χ1n) is 16.3. The summed E-state index contributed by atoms with van der Waals surface area (Å²) in [6.07, 6.45) is 0.852. The molecule has 3 aliphatic rings. The highest BCUT2D eigenvalue weighted by Gasteiger charge is 2.45. The SMILES string of the molecule is C[C@@H]1NC(=O)[C@H](CO)NC(=O)[C@@H](Cc2ccccc2)NC(=O)C2(CCN(Cc3ccccc3)CC2)Oc2ccc(cc2)OCCNC1=O. The standard InChI is InChI=1S/C36H43N5O7/c1-25-32(43)37-18-21-47-28-12-14-29(15-13-28)48-36(16-19-41(20-17-36)23-27-10-6-3-7-11-27)35(46)40-30(22-26-8-4-2-5-9-26)33(44)39-31(24-42)34(45)38-25/h2-15,25,30-31,42H,16-24H2,1H3,(H,37,43)(H,38,45)(H,39,44)(H,40,46)/t25-,30+,31-/m0/s1. The molecule has 3 aromatic carbocycles. The molecule has 48 heavy (non-hydrogen) atoms. The second-order valence-electron chi connectivity index (χ2n) is 12.2. The van der Waals surface area contributed by atoms with Gasteiger partial charge in [0.25, 0.3) is 5.91 Å². The number of rotatable bonds is 5. The number of piperidine rings is 1. The van der Waals surface area contributed by atoms with Gasteiger partial charge in [-0.25, -0.2) is 0 Å². The van der Waals surface area contributed by atoms with E-state index in [1.54, 1.807) is 24.3 Å². The van der Waals surface area contributed by atoms with E-state index in [1.807, 2.05) is 48.5 Å². The summed E-state index contributed by atoms with van der Waals surface area (Å²) in [5, 5.41) is 20.8. The van der Waals surface area contributed by atoms with E-state index in [9.17, 15) is 24.3 Å². The number of aliphatic hydroxyl groups excluding tert-OH is 1. The fourth-order valence-corrected chi connectivity index (χ4v) is 5.81. The molecule has 0 aliphatic carbocycles. The smallest absolute Gasteiger partial charge is 0.264 e. The summed E-state index contributed by atoms with van der Waals surface area (Å²) in [5.74, 6) is -1.30. The first-order valence-corrected chi connectivity index (χ1v) is 16.3. The predicted octanol–water partition coefficient (Wildman–Crippen LogP) is 1.32. The molecule has 2 bridgehead atoms. The number of ether oxygens (including phenoxy) is 2. The number of amides is 4. The van der Waals surface area contributed by atoms with Crippen LogP contribution in [0.5, 0.6) is 11.5 Å². The first-order chi connectivity index (χ1) is 23.2. The number of benzene rings is 3. The topological polar surface area (TPSA) is 158 Å². The number of carbonyl (C=O) groups excluding carboxylic acids is 4. The van der Waals surface area contributed by atoms with E-state index in [-0.39, 0.29) is 19.6 Å². The third-order valence-corrected chi connectivity index (χ3v) is 8.61. The van der Waals surface area contributed by atoms with E-state index < -0.39 is 54.0 Å². The molecule has 0 radical (unpaired) electrons. The Morgan fingerprint density at radius 1 is 0.750 bits per heavy atom. The van der Waals surface area contributed by atoms with E-state index in [0.29, 0.717) is 37.4 Å². The van der Waals surface area contributed by atoms with Crippen molar-refractivity contribution in [1.29, 1.82) is 0 Å². The van der Waals surface area contributed by atoms with E-state index in [0.717, 1.165) is 12.1 Å². The second-order valence-corrected chi connectivity index (χ2v) is 12.2. The number of aliphatic hydroxyl groups is 1. The monoisotopic (exact) mass is 657 g/mol. The summed E-state index contributed by atoms with van der Waals surface area (Å²) in [6.45, 7) is 3.03. The molecule has 0 aromatic heterocycles. The number of fused-ring (bicyclic) bond motifs is 15. The molecule has 3 heterocycles. The van der Waals surface area contributed by atoms with Gasteiger partial charge in [-0.15, -0.1) is 0 Å². The van der Waals surface area contributed by atoms with Crippen molar-refractivity contribution in [1.82, 2.24) is 26.2 Å². The maximum atomic E-state index is 14.3. The predicted molar refractivity (Wildman–Crippen MR) is 178 cm³/mol. The molecule has 0 saturated carbocycles. The van der Waals surface area contributed by atoms with Crippen molar-refractivity contribution in [2.75, 3.05) is 32.8 Å². The molecule has 254 valence electrons. The van der Waals surface area contributed by atoms with Crippen molar-refractivity contribution < 1.29 is 33.8 Å². The Morgan fingerprint density at radius 3 is 2.00 bits per heavy atom. The van der Waals surface area contributed by atoms with Gasteiger partial charge in [-0.05, 0) is 42.3 Å². The molecule has 4 amide bonds. The van der Waals surface area contributed by atoms with E-state index in [2.05, 4.69) is 38.3 Å². The molecule has 0 unspecified atom stereocenters. The zero-order chi connectivity index (χ0) is 33.9. The molecule has 3 atom stereocenters. The van der Waals surface area contributed by atoms with Gasteiger partial charge >= 0.3 is 0 Å². The van der Waals surface area contributed by atoms with Crippen LogP contribution in [0, 0.1) is 0 Å². The Labute approximate surface area is 280 Å². The van der Waals surface area contributed by atoms with Gasteiger partial charge in [-0.1, -0.05) is 60.7 Å². The number of nitrogens with one attached hydrogen (secondary N) is 4. The van der Waals surface area contributed by atoms with Crippen molar-refractivity contribution in [2.45, 2.75) is 56.5 Å². The van der Waals surface area contributed by atoms with Crippen molar-refractivity contribution in [3.63, 3.8) is 0 Å². The van der Waals surface area contributed by atoms with Crippen LogP contribution in [0.1, 0.15) is 30.9 Å². The van der Waals surface area contributed by atoms with Gasteiger partial charge in [-0.3, -0.25) is 24.1 Å². The van der Waals surface area contributed by atoms with E-state index >= 15 is 0 Å². The molecule has 3 aliphatic heterocycles. The third-order valence-electron chi connectivity index (χ3n) is 8.61. The molecule has 12 heteroatoms. The Kier molecular flexibility index (Phi) is 11.6. The minimum absolute atomic E-state index is 0.124. The van der Waals surface area contributed by atoms with Gasteiger partial charge in [0.1, 0.15) is 36.2 Å². The normalized spacial score (nSPS) is 22.8. The fourth-order valence-electron chi connectivity index (χ4n) is 5.81. The van der Waals surface area contributed by atoms with Crippen molar-refractivity contribution >= 4 is 23.6 Å². The van der Waals surface area contributed by atoms with Crippen LogP contribution >= 0.6 is 0 Å². The fraction of sp³-hybridized carbons (Fsp3) is 0.389. The summed E-state index contributed by atoms with van der Waals surface area (Å²) in [6, 6.07) is 22.8. The number of hydrogen-bond donors (Lipinski definition) is 5. The molecular formula is C36H43N5O7. The molecule has 6 rings (SSSR count). The molecule has 1 spiro atoms. The lowest BCUT2D eigenvalue weighted by atomic mass is 9.88. The Bertz CT molecular complexity index is 1530. The number of nitrogens with zero attached hydrogens (tertiary/aromatic N) is 1. The zero-order valence-electron chi connectivity index (χ0n) is 27.0. The van der Waals surface area contributed by atoms with Crippen LogP contribution in [0.25, 0.3) is 0 Å². The minimum atomic E-state index is -1.36. The Balaban J connectivity index is 1.43. The highest BCUT2D eigenvalue weighted by atomic mass is 16.5. The van der Waals surface area contributed by atoms with Gasteiger partial charge in [0.15, 0.2) is 5.60 Å². The summed E-state index contributed by atoms with van der Waals surface area (Å²) < 4.78 is 12.3. The van der Waals surface area contributed by atoms with Crippen LogP contribution < -0.4 is 30.7 Å². The molecule has 1 saturated heterocycles. The maximum absolute atomic E-state index is 14.3. The molecule has 5 N–H and O–H groups in total. The largest absolute Gasteiger partial charge is 0.492 e. The van der Waals surface area contributed by atoms with Gasteiger partial charge in [-0.2, -0.15) is 0 Å². The molecule has 1 fully saturated rings. The second kappa shape index (κ2) is 16.2. The minimum Gasteiger partial charge on any atom is -0.492 e. The number of hydrogen-bond acceptors (Lipinski definition) is 8. The Morgan fingerprint density at radius 2 is 1.35 bits per heavy atom. The average molecular weight is 658 g/mol. The summed E-state index contributed by atoms with van der Waals surface area (Å²) in [5.41, 5.74) is 0.659. The van der Waals surface area contributed by atoms with Crippen LogP contribution in [0.4, 0.5) is 0 Å². The lowest BCUT2D eigenvalue weighted by Gasteiger charge is -2.41. The van der Waals surface area contributed by atoms with Crippen molar-refractivity contribution in [3.05, 3.63) is 96.1 Å². The van der Waals surface area contributed by atoms with Crippen molar-refractivity contribution in [3.8, 4) is 11.5 Å². The average Bonchev–Trinajstić information content (AvgIpc) is 3.10. The summed E-state index contributed by atoms with van der Waals surface area (Å²) in [7, 11) is 0. The summed E-state index contributed by atoms with van der Waals surface area (Å²) in [4.78, 5) is 56.0. The number of likely N-dealkylation sites (tertiary alicyclic amines) is 1. The van der Waals surface area contributed by atoms with Crippen LogP contribution in [0.15, 0.2) is 84.9 Å². The van der Waals surface area contributed by atoms with Gasteiger partial charge in [0.05, 0.1) is 13.2 Å². The van der Waals surface area contributed by atoms with Gasteiger partial charge < -0.3 is 35.8 Å². The van der Waals surface area contributed by atoms with E-state index in [4.69, 9.17) is 9.47 Å². The summed E-state index contributed by atoms with van der Waals surface area (Å²) >= 11 is 0. The lowest BCUT2D eigenvalue weighted by molar-refractivity contribution is -0.144. The van der Waals surface area contributed by atoms with Crippen LogP contribution in [-0.2, 0) is 32.1 Å². The first kappa shape index (κ1) is 34.4. The molecular weight excluding hydrogens is 614 g/mol. The van der Waals surface area contributed by atoms with Crippen LogP contribution in [-0.4, -0.2) is 90.2 Å². The molecule has 12 nitrogen and oxygen atoms in total. The van der Waals surface area contributed by atoms with Gasteiger partial charge in [0, 0.05) is 38.9 Å². The third kappa shape index (κ3) is 9.11. The Hall–Kier alpha value is -4.94. The quantitative estimate of drug-likeness (QED) is 0.257. The van der Waals surface area contributed by atoms with Gasteiger partial charge in [0.2, 0.25) is 17.7 Å². The maximum Gasteiger partial charge on any atom is 0.264 e. The highest BCUT2D eigenvalue weighted by molar-refractivity contribution is 5.95. The van der Waals surface area contributed by atoms with Crippen molar-refractivity contribution in [2.24, 2.45) is 0 Å². The highest BCUT2D eigenvalue weighted by Crippen LogP contribution is 2.31. The van der Waals surface area contributed by atoms with Crippen LogP contribution in [0.2, 0.25) is 0 Å². The molecule has 3 aromatic rings. The van der Waals surface area contributed by atoms with E-state index in [1.165, 1.54) is 12.5 Å². The zero-order valence-corrected chi connectivity index (χ0v) is 27.0. The lowest BCUT2D eigenvalue weighted by Crippen LogP contribution is -2.62.